The fourth-order valence-electron chi connectivity index (χ4n) is 2.23. The first kappa shape index (κ1) is 7.93. The van der Waals surface area contributed by atoms with E-state index in [2.05, 4.69) is 22.3 Å². The van der Waals surface area contributed by atoms with Gasteiger partial charge < -0.3 is 4.52 Å². The molecule has 76 valence electrons. The highest BCUT2D eigenvalue weighted by Crippen LogP contribution is 2.30. The van der Waals surface area contributed by atoms with Crippen molar-refractivity contribution in [2.75, 3.05) is 0 Å². The predicted molar refractivity (Wildman–Crippen MR) is 63.4 cm³/mol. The minimum atomic E-state index is 0.982. The summed E-state index contributed by atoms with van der Waals surface area (Å²) in [5, 5.41) is 6.25. The van der Waals surface area contributed by atoms with Crippen molar-refractivity contribution in [2.45, 2.75) is 0 Å². The molecule has 0 aliphatic carbocycles. The first-order valence-corrected chi connectivity index (χ1v) is 5.16. The monoisotopic (exact) mass is 208 g/mol. The number of benzene rings is 2. The van der Waals surface area contributed by atoms with E-state index >= 15 is 0 Å². The van der Waals surface area contributed by atoms with Crippen LogP contribution in [0.1, 0.15) is 0 Å². The summed E-state index contributed by atoms with van der Waals surface area (Å²) in [5.41, 5.74) is 3.02. The number of nitrogens with one attached hydrogen (secondary N) is 1. The van der Waals surface area contributed by atoms with Crippen molar-refractivity contribution < 1.29 is 4.52 Å². The molecule has 2 heterocycles. The minimum absolute atomic E-state index is 0.982. The molecule has 2 aromatic carbocycles. The second-order valence-corrected chi connectivity index (χ2v) is 3.89. The fourth-order valence-corrected chi connectivity index (χ4v) is 2.23. The Hall–Kier alpha value is -2.29. The minimum Gasteiger partial charge on any atom is -0.389 e. The summed E-state index contributed by atoms with van der Waals surface area (Å²) in [5.74, 6) is 0. The Morgan fingerprint density at radius 1 is 0.938 bits per heavy atom. The molecule has 0 saturated carbocycles. The highest BCUT2D eigenvalue weighted by atomic mass is 16.5. The Kier molecular flexibility index (Phi) is 1.31. The van der Waals surface area contributed by atoms with E-state index in [9.17, 15) is 0 Å². The number of aromatic nitrogens is 2. The number of rotatable bonds is 0. The molecule has 3 nitrogen and oxygen atoms in total. The molecule has 0 saturated heterocycles. The maximum Gasteiger partial charge on any atom is 0.130 e. The molecule has 4 rings (SSSR count). The van der Waals surface area contributed by atoms with Crippen molar-refractivity contribution in [2.24, 2.45) is 0 Å². The van der Waals surface area contributed by atoms with E-state index in [1.54, 1.807) is 6.26 Å². The SMILES string of the molecule is c1ccc2c(c1)nc1c3co[nH]c3ccc21. The summed E-state index contributed by atoms with van der Waals surface area (Å²) in [4.78, 5) is 4.64. The summed E-state index contributed by atoms with van der Waals surface area (Å²) in [6.07, 6.45) is 1.71. The Morgan fingerprint density at radius 2 is 1.88 bits per heavy atom. The van der Waals surface area contributed by atoms with Gasteiger partial charge >= 0.3 is 0 Å². The Morgan fingerprint density at radius 3 is 2.88 bits per heavy atom. The quantitative estimate of drug-likeness (QED) is 0.480. The average molecular weight is 208 g/mol. The van der Waals surface area contributed by atoms with Gasteiger partial charge in [0.1, 0.15) is 6.26 Å². The molecule has 0 unspecified atom stereocenters. The second-order valence-electron chi connectivity index (χ2n) is 3.89. The average Bonchev–Trinajstić information content (AvgIpc) is 2.92. The lowest BCUT2D eigenvalue weighted by molar-refractivity contribution is 0.428. The van der Waals surface area contributed by atoms with E-state index in [0.29, 0.717) is 0 Å². The standard InChI is InChI=1S/C13H8N2O/c1-2-4-11-8(3-1)9-5-6-12-10(7-16-15-12)13(9)14-11/h1-7,15H. The molecule has 0 spiro atoms. The molecule has 0 radical (unpaired) electrons. The summed E-state index contributed by atoms with van der Waals surface area (Å²) in [6.45, 7) is 0. The van der Waals surface area contributed by atoms with Crippen LogP contribution in [0.5, 0.6) is 0 Å². The number of aromatic amines is 1. The first-order valence-electron chi connectivity index (χ1n) is 5.16. The topological polar surface area (TPSA) is 41.8 Å². The van der Waals surface area contributed by atoms with Crippen LogP contribution in [-0.2, 0) is 0 Å². The second kappa shape index (κ2) is 2.64. The van der Waals surface area contributed by atoms with Gasteiger partial charge in [-0.1, -0.05) is 18.2 Å². The number of hydrogen-bond donors (Lipinski definition) is 1. The van der Waals surface area contributed by atoms with Crippen LogP contribution in [0.15, 0.2) is 47.2 Å². The number of nitrogens with zero attached hydrogens (tertiary/aromatic N) is 1. The van der Waals surface area contributed by atoms with Gasteiger partial charge in [-0.15, -0.1) is 0 Å². The lowest BCUT2D eigenvalue weighted by Crippen LogP contribution is -1.70. The smallest absolute Gasteiger partial charge is 0.130 e. The van der Waals surface area contributed by atoms with Gasteiger partial charge in [0.2, 0.25) is 0 Å². The van der Waals surface area contributed by atoms with Crippen molar-refractivity contribution in [3.8, 4) is 0 Å². The van der Waals surface area contributed by atoms with Crippen LogP contribution in [0.3, 0.4) is 0 Å². The number of hydrogen-bond acceptors (Lipinski definition) is 2. The fraction of sp³-hybridized carbons (Fsp3) is 0. The normalized spacial score (nSPS) is 11.8. The van der Waals surface area contributed by atoms with E-state index in [1.165, 1.54) is 10.8 Å². The van der Waals surface area contributed by atoms with Crippen molar-refractivity contribution in [1.29, 1.82) is 0 Å². The molecule has 0 bridgehead atoms. The zero-order valence-electron chi connectivity index (χ0n) is 8.40. The molecule has 0 aliphatic rings. The van der Waals surface area contributed by atoms with E-state index in [-0.39, 0.29) is 0 Å². The molecule has 2 aromatic heterocycles. The van der Waals surface area contributed by atoms with Crippen molar-refractivity contribution in [1.82, 2.24) is 10.1 Å². The molecular weight excluding hydrogens is 200 g/mol. The third-order valence-electron chi connectivity index (χ3n) is 2.99. The van der Waals surface area contributed by atoms with Gasteiger partial charge in [0, 0.05) is 10.8 Å². The number of fused-ring (bicyclic) bond motifs is 5. The van der Waals surface area contributed by atoms with Crippen molar-refractivity contribution in [3.63, 3.8) is 0 Å². The van der Waals surface area contributed by atoms with Crippen LogP contribution in [0, 0.1) is 0 Å². The van der Waals surface area contributed by atoms with Gasteiger partial charge in [-0.2, -0.15) is 0 Å². The van der Waals surface area contributed by atoms with Crippen LogP contribution in [0.4, 0.5) is 0 Å². The molecule has 16 heavy (non-hydrogen) atoms. The Bertz CT molecular complexity index is 810. The van der Waals surface area contributed by atoms with Gasteiger partial charge in [0.05, 0.1) is 21.9 Å². The van der Waals surface area contributed by atoms with E-state index in [4.69, 9.17) is 4.52 Å². The van der Waals surface area contributed by atoms with E-state index < -0.39 is 0 Å². The highest BCUT2D eigenvalue weighted by molar-refractivity contribution is 6.15. The van der Waals surface area contributed by atoms with Crippen LogP contribution in [-0.4, -0.2) is 10.1 Å². The van der Waals surface area contributed by atoms with Crippen LogP contribution in [0.2, 0.25) is 0 Å². The molecule has 4 aromatic rings. The van der Waals surface area contributed by atoms with Crippen LogP contribution in [0.25, 0.3) is 32.7 Å². The predicted octanol–water partition coefficient (Wildman–Crippen LogP) is 3.46. The van der Waals surface area contributed by atoms with E-state index in [1.807, 2.05) is 24.3 Å². The van der Waals surface area contributed by atoms with Gasteiger partial charge in [-0.25, -0.2) is 10.1 Å². The lowest BCUT2D eigenvalue weighted by atomic mass is 10.1. The molecule has 0 amide bonds. The highest BCUT2D eigenvalue weighted by Gasteiger charge is 2.09. The molecule has 0 aliphatic heterocycles. The van der Waals surface area contributed by atoms with E-state index in [0.717, 1.165) is 21.9 Å². The zero-order chi connectivity index (χ0) is 10.5. The Balaban J connectivity index is 2.38. The molecule has 3 heteroatoms. The molecule has 0 atom stereocenters. The first-order chi connectivity index (χ1) is 7.93. The van der Waals surface area contributed by atoms with Crippen molar-refractivity contribution in [3.05, 3.63) is 42.7 Å². The maximum atomic E-state index is 5.10. The summed E-state index contributed by atoms with van der Waals surface area (Å²) < 4.78 is 5.10. The third-order valence-corrected chi connectivity index (χ3v) is 2.99. The number of H-pyrrole nitrogens is 1. The molecule has 0 fully saturated rings. The molecule has 1 N–H and O–H groups in total. The van der Waals surface area contributed by atoms with Gasteiger partial charge in [0.15, 0.2) is 0 Å². The van der Waals surface area contributed by atoms with Crippen LogP contribution >= 0.6 is 0 Å². The van der Waals surface area contributed by atoms with Gasteiger partial charge in [0.25, 0.3) is 0 Å². The van der Waals surface area contributed by atoms with Crippen molar-refractivity contribution >= 4 is 32.7 Å². The zero-order valence-corrected chi connectivity index (χ0v) is 8.40. The summed E-state index contributed by atoms with van der Waals surface area (Å²) >= 11 is 0. The largest absolute Gasteiger partial charge is 0.389 e. The third kappa shape index (κ3) is 0.852. The number of para-hydroxylation sites is 1. The lowest BCUT2D eigenvalue weighted by Gasteiger charge is -1.90. The van der Waals surface area contributed by atoms with Gasteiger partial charge in [-0.05, 0) is 18.2 Å². The Labute approximate surface area is 90.7 Å². The summed E-state index contributed by atoms with van der Waals surface area (Å²) in [7, 11) is 0. The van der Waals surface area contributed by atoms with Crippen LogP contribution < -0.4 is 0 Å². The molecular formula is C13H8N2O. The summed E-state index contributed by atoms with van der Waals surface area (Å²) in [6, 6.07) is 12.3. The van der Waals surface area contributed by atoms with Gasteiger partial charge in [-0.3, -0.25) is 0 Å². The maximum absolute atomic E-state index is 5.10.